The van der Waals surface area contributed by atoms with Crippen molar-refractivity contribution >= 4 is 18.0 Å². The third kappa shape index (κ3) is 12.7. The molecule has 4 amide bonds. The third-order valence-electron chi connectivity index (χ3n) is 5.99. The van der Waals surface area contributed by atoms with Gasteiger partial charge in [0.15, 0.2) is 0 Å². The number of rotatable bonds is 9. The first-order chi connectivity index (χ1) is 17.9. The number of azo groups is 1. The van der Waals surface area contributed by atoms with Gasteiger partial charge in [0.2, 0.25) is 5.88 Å². The molecule has 12 heteroatoms. The lowest BCUT2D eigenvalue weighted by Crippen LogP contribution is -2.35. The molecular weight excluding hydrogens is 478 g/mol. The molecule has 0 unspecified atom stereocenters. The fraction of sp³-hybridized carbons (Fsp3) is 0.760. The first kappa shape index (κ1) is 30.2. The third-order valence-corrected chi connectivity index (χ3v) is 5.99. The molecule has 1 aromatic rings. The largest absolute Gasteiger partial charge is 0.477 e. The second kappa shape index (κ2) is 17.4. The highest BCUT2D eigenvalue weighted by molar-refractivity contribution is 5.79. The number of hydrogen-bond acceptors (Lipinski definition) is 7. The van der Waals surface area contributed by atoms with Gasteiger partial charge in [0, 0.05) is 44.5 Å². The molecule has 0 aliphatic carbocycles. The molecule has 3 heterocycles. The average molecular weight is 522 g/mol. The second-order valence-electron chi connectivity index (χ2n) is 9.40. The highest BCUT2D eigenvalue weighted by atomic mass is 16.5. The van der Waals surface area contributed by atoms with E-state index < -0.39 is 0 Å². The van der Waals surface area contributed by atoms with E-state index in [1.54, 1.807) is 16.7 Å². The lowest BCUT2D eigenvalue weighted by molar-refractivity contribution is -0.143. The molecule has 2 aliphatic rings. The average Bonchev–Trinajstić information content (AvgIpc) is 3.37. The molecule has 2 aliphatic heterocycles. The molecule has 208 valence electrons. The van der Waals surface area contributed by atoms with Crippen LogP contribution in [0.15, 0.2) is 16.3 Å². The van der Waals surface area contributed by atoms with Gasteiger partial charge in [-0.25, -0.2) is 9.59 Å². The van der Waals surface area contributed by atoms with E-state index in [2.05, 4.69) is 25.3 Å². The van der Waals surface area contributed by atoms with Gasteiger partial charge in [-0.05, 0) is 72.4 Å². The zero-order valence-electron chi connectivity index (χ0n) is 22.6. The minimum atomic E-state index is -0.375. The maximum absolute atomic E-state index is 11.7. The van der Waals surface area contributed by atoms with Crippen LogP contribution in [0.2, 0.25) is 0 Å². The Hall–Kier alpha value is -3.02. The van der Waals surface area contributed by atoms with Crippen molar-refractivity contribution in [2.24, 2.45) is 10.2 Å². The number of aromatic nitrogens is 2. The summed E-state index contributed by atoms with van der Waals surface area (Å²) >= 11 is 0. The molecule has 37 heavy (non-hydrogen) atoms. The zero-order chi connectivity index (χ0) is 26.9. The zero-order valence-corrected chi connectivity index (χ0v) is 22.6. The van der Waals surface area contributed by atoms with Gasteiger partial charge < -0.3 is 24.2 Å². The SMILES string of the molecule is CCOC(=O)CCc1cc(OCCCN(C)C)n[nH]1.O=C(N=NC(=O)N1CCCCC1)N1CCCCC1. The van der Waals surface area contributed by atoms with Crippen molar-refractivity contribution in [3.63, 3.8) is 0 Å². The van der Waals surface area contributed by atoms with Gasteiger partial charge in [-0.3, -0.25) is 9.89 Å². The number of nitrogens with zero attached hydrogens (tertiary/aromatic N) is 6. The number of aromatic amines is 1. The summed E-state index contributed by atoms with van der Waals surface area (Å²) in [6.07, 6.45) is 8.29. The summed E-state index contributed by atoms with van der Waals surface area (Å²) in [6, 6.07) is 1.08. The molecule has 3 rings (SSSR count). The summed E-state index contributed by atoms with van der Waals surface area (Å²) in [5.41, 5.74) is 0.885. The number of nitrogens with one attached hydrogen (secondary N) is 1. The van der Waals surface area contributed by atoms with Crippen molar-refractivity contribution in [3.8, 4) is 5.88 Å². The number of carbonyl (C=O) groups excluding carboxylic acids is 3. The highest BCUT2D eigenvalue weighted by Crippen LogP contribution is 2.12. The van der Waals surface area contributed by atoms with E-state index in [0.29, 0.717) is 31.9 Å². The molecule has 2 saturated heterocycles. The number of hydrogen-bond donors (Lipinski definition) is 1. The fourth-order valence-electron chi connectivity index (χ4n) is 3.95. The minimum absolute atomic E-state index is 0.189. The van der Waals surface area contributed by atoms with Gasteiger partial charge >= 0.3 is 18.0 Å². The fourth-order valence-corrected chi connectivity index (χ4v) is 3.95. The van der Waals surface area contributed by atoms with Crippen LogP contribution in [0.25, 0.3) is 0 Å². The summed E-state index contributed by atoms with van der Waals surface area (Å²) in [7, 11) is 4.06. The van der Waals surface area contributed by atoms with Crippen molar-refractivity contribution in [2.45, 2.75) is 64.7 Å². The number of piperidine rings is 2. The van der Waals surface area contributed by atoms with Crippen LogP contribution in [-0.2, 0) is 16.0 Å². The standard InChI is InChI=1S/C13H23N3O3.C12H20N4O2/c1-4-18-13(17)7-6-11-10-12(15-14-11)19-9-5-8-16(2)3;17-11(15-7-3-1-4-8-15)13-14-12(18)16-9-5-2-6-10-16/h10H,4-9H2,1-3H3,(H,14,15);1-10H2. The summed E-state index contributed by atoms with van der Waals surface area (Å²) in [4.78, 5) is 40.0. The van der Waals surface area contributed by atoms with E-state index in [0.717, 1.165) is 83.4 Å². The second-order valence-corrected chi connectivity index (χ2v) is 9.40. The molecule has 1 N–H and O–H groups in total. The molecule has 0 spiro atoms. The van der Waals surface area contributed by atoms with E-state index in [1.807, 2.05) is 20.2 Å². The van der Waals surface area contributed by atoms with Crippen molar-refractivity contribution in [2.75, 3.05) is 60.0 Å². The molecule has 2 fully saturated rings. The Balaban J connectivity index is 0.000000260. The molecule has 0 bridgehead atoms. The van der Waals surface area contributed by atoms with Crippen LogP contribution in [0.4, 0.5) is 9.59 Å². The maximum Gasteiger partial charge on any atom is 0.362 e. The summed E-state index contributed by atoms with van der Waals surface area (Å²) in [5, 5.41) is 14.0. The molecule has 0 saturated carbocycles. The quantitative estimate of drug-likeness (QED) is 0.296. The number of carbonyl (C=O) groups is 3. The van der Waals surface area contributed by atoms with Gasteiger partial charge in [-0.2, -0.15) is 0 Å². The van der Waals surface area contributed by atoms with Crippen LogP contribution in [0, 0.1) is 0 Å². The van der Waals surface area contributed by atoms with Crippen LogP contribution in [-0.4, -0.2) is 103 Å². The number of H-pyrrole nitrogens is 1. The first-order valence-electron chi connectivity index (χ1n) is 13.4. The van der Waals surface area contributed by atoms with E-state index >= 15 is 0 Å². The van der Waals surface area contributed by atoms with Crippen LogP contribution in [0.5, 0.6) is 5.88 Å². The van der Waals surface area contributed by atoms with E-state index in [9.17, 15) is 14.4 Å². The maximum atomic E-state index is 11.7. The normalized spacial score (nSPS) is 15.9. The van der Waals surface area contributed by atoms with Crippen molar-refractivity contribution in [1.29, 1.82) is 0 Å². The number of amides is 4. The van der Waals surface area contributed by atoms with E-state index in [-0.39, 0.29) is 18.0 Å². The molecular formula is C25H43N7O5. The number of likely N-dealkylation sites (tertiary alicyclic amines) is 2. The van der Waals surface area contributed by atoms with Crippen LogP contribution in [0.3, 0.4) is 0 Å². The van der Waals surface area contributed by atoms with Crippen molar-refractivity contribution in [1.82, 2.24) is 24.9 Å². The van der Waals surface area contributed by atoms with Crippen molar-refractivity contribution in [3.05, 3.63) is 11.8 Å². The Morgan fingerprint density at radius 1 is 0.973 bits per heavy atom. The van der Waals surface area contributed by atoms with Crippen LogP contribution >= 0.6 is 0 Å². The molecule has 0 atom stereocenters. The summed E-state index contributed by atoms with van der Waals surface area (Å²) in [6.45, 7) is 6.77. The number of esters is 1. The van der Waals surface area contributed by atoms with Crippen molar-refractivity contribution < 1.29 is 23.9 Å². The number of aryl methyl sites for hydroxylation is 1. The smallest absolute Gasteiger partial charge is 0.362 e. The Kier molecular flexibility index (Phi) is 14.2. The van der Waals surface area contributed by atoms with E-state index in [1.165, 1.54) is 0 Å². The lowest BCUT2D eigenvalue weighted by atomic mass is 10.1. The van der Waals surface area contributed by atoms with Gasteiger partial charge in [0.1, 0.15) is 0 Å². The number of urea groups is 2. The molecule has 0 aromatic carbocycles. The van der Waals surface area contributed by atoms with Gasteiger partial charge in [-0.15, -0.1) is 5.10 Å². The molecule has 1 aromatic heterocycles. The Morgan fingerprint density at radius 3 is 2.05 bits per heavy atom. The predicted molar refractivity (Wildman–Crippen MR) is 139 cm³/mol. The highest BCUT2D eigenvalue weighted by Gasteiger charge is 2.19. The summed E-state index contributed by atoms with van der Waals surface area (Å²) < 4.78 is 10.4. The Labute approximate surface area is 219 Å². The Morgan fingerprint density at radius 2 is 1.54 bits per heavy atom. The number of ether oxygens (including phenoxy) is 2. The van der Waals surface area contributed by atoms with Gasteiger partial charge in [0.25, 0.3) is 0 Å². The minimum Gasteiger partial charge on any atom is -0.477 e. The van der Waals surface area contributed by atoms with Crippen LogP contribution in [0.1, 0.15) is 64.0 Å². The van der Waals surface area contributed by atoms with Crippen LogP contribution < -0.4 is 4.74 Å². The molecule has 12 nitrogen and oxygen atoms in total. The van der Waals surface area contributed by atoms with Gasteiger partial charge in [0.05, 0.1) is 19.6 Å². The lowest BCUT2D eigenvalue weighted by Gasteiger charge is -2.25. The summed E-state index contributed by atoms with van der Waals surface area (Å²) in [5.74, 6) is 0.392. The molecule has 0 radical (unpaired) electrons. The topological polar surface area (TPSA) is 133 Å². The predicted octanol–water partition coefficient (Wildman–Crippen LogP) is 3.89. The van der Waals surface area contributed by atoms with Gasteiger partial charge in [-0.1, -0.05) is 10.2 Å². The Bertz CT molecular complexity index is 814. The first-order valence-corrected chi connectivity index (χ1v) is 13.4. The van der Waals surface area contributed by atoms with E-state index in [4.69, 9.17) is 9.47 Å². The monoisotopic (exact) mass is 521 g/mol.